The van der Waals surface area contributed by atoms with Gasteiger partial charge in [-0.15, -0.1) is 17.2 Å². The van der Waals surface area contributed by atoms with Crippen molar-refractivity contribution < 1.29 is 0 Å². The standard InChI is InChI=1S/C15H14N2/c1-5-9-13(7-3)11-17-12-16-14(8-4)15(17)10-6-2/h8-10,12H,1-4,11H2. The van der Waals surface area contributed by atoms with E-state index in [0.717, 1.165) is 17.0 Å². The summed E-state index contributed by atoms with van der Waals surface area (Å²) < 4.78 is 1.94. The van der Waals surface area contributed by atoms with E-state index in [1.165, 1.54) is 0 Å². The molecule has 0 aromatic carbocycles. The lowest BCUT2D eigenvalue weighted by molar-refractivity contribution is 0.790. The van der Waals surface area contributed by atoms with Crippen LogP contribution in [0.1, 0.15) is 11.4 Å². The fourth-order valence-corrected chi connectivity index (χ4v) is 1.40. The van der Waals surface area contributed by atoms with Crippen molar-refractivity contribution in [1.29, 1.82) is 0 Å². The van der Waals surface area contributed by atoms with Crippen molar-refractivity contribution in [2.24, 2.45) is 0 Å². The average Bonchev–Trinajstić information content (AvgIpc) is 2.72. The molecule has 1 aromatic heterocycles. The van der Waals surface area contributed by atoms with Crippen LogP contribution < -0.4 is 0 Å². The van der Waals surface area contributed by atoms with E-state index in [4.69, 9.17) is 0 Å². The van der Waals surface area contributed by atoms with Crippen LogP contribution in [0.2, 0.25) is 0 Å². The fraction of sp³-hybridized carbons (Fsp3) is 0.0667. The SMILES string of the molecule is C=C=CC(=C=C)Cn1cnc(C=C)c1C=C=C. The lowest BCUT2D eigenvalue weighted by Crippen LogP contribution is -2.00. The molecule has 1 heterocycles. The third kappa shape index (κ3) is 2.98. The summed E-state index contributed by atoms with van der Waals surface area (Å²) in [6, 6.07) is 0. The minimum atomic E-state index is 0.598. The first-order chi connectivity index (χ1) is 8.26. The molecule has 0 radical (unpaired) electrons. The highest BCUT2D eigenvalue weighted by molar-refractivity contribution is 5.58. The first-order valence-corrected chi connectivity index (χ1v) is 5.05. The molecule has 1 aromatic rings. The number of allylic oxidation sites excluding steroid dienone is 2. The quantitative estimate of drug-likeness (QED) is 0.551. The molecule has 0 aliphatic heterocycles. The van der Waals surface area contributed by atoms with Crippen molar-refractivity contribution in [1.82, 2.24) is 9.55 Å². The highest BCUT2D eigenvalue weighted by Gasteiger charge is 2.05. The Morgan fingerprint density at radius 2 is 2.12 bits per heavy atom. The molecule has 1 rings (SSSR count). The van der Waals surface area contributed by atoms with E-state index in [9.17, 15) is 0 Å². The molecule has 2 heteroatoms. The van der Waals surface area contributed by atoms with Gasteiger partial charge in [-0.25, -0.2) is 4.98 Å². The van der Waals surface area contributed by atoms with Crippen LogP contribution in [0.15, 0.2) is 61.5 Å². The molecule has 0 atom stereocenters. The smallest absolute Gasteiger partial charge is 0.0961 e. The Labute approximate surface area is 102 Å². The topological polar surface area (TPSA) is 17.8 Å². The molecule has 0 unspecified atom stereocenters. The van der Waals surface area contributed by atoms with Crippen molar-refractivity contribution in [2.75, 3.05) is 0 Å². The zero-order valence-electron chi connectivity index (χ0n) is 9.74. The third-order valence-corrected chi connectivity index (χ3v) is 2.18. The molecule has 84 valence electrons. The van der Waals surface area contributed by atoms with Crippen LogP contribution in [-0.2, 0) is 6.54 Å². The second kappa shape index (κ2) is 6.17. The van der Waals surface area contributed by atoms with Crippen LogP contribution in [0.3, 0.4) is 0 Å². The van der Waals surface area contributed by atoms with Gasteiger partial charge in [-0.3, -0.25) is 0 Å². The van der Waals surface area contributed by atoms with E-state index in [1.54, 1.807) is 24.6 Å². The number of hydrogen-bond acceptors (Lipinski definition) is 1. The van der Waals surface area contributed by atoms with Crippen LogP contribution >= 0.6 is 0 Å². The van der Waals surface area contributed by atoms with Crippen LogP contribution in [0.5, 0.6) is 0 Å². The molecule has 0 aliphatic rings. The zero-order chi connectivity index (χ0) is 12.7. The molecule has 0 aliphatic carbocycles. The molecule has 0 N–H and O–H groups in total. The summed E-state index contributed by atoms with van der Waals surface area (Å²) in [5, 5.41) is 0. The molecule has 0 amide bonds. The predicted octanol–water partition coefficient (Wildman–Crippen LogP) is 3.38. The number of hydrogen-bond donors (Lipinski definition) is 0. The Morgan fingerprint density at radius 3 is 2.65 bits per heavy atom. The number of aromatic nitrogens is 2. The van der Waals surface area contributed by atoms with Gasteiger partial charge in [-0.1, -0.05) is 26.3 Å². The van der Waals surface area contributed by atoms with Crippen molar-refractivity contribution in [3.8, 4) is 0 Å². The van der Waals surface area contributed by atoms with Gasteiger partial charge in [0.2, 0.25) is 0 Å². The van der Waals surface area contributed by atoms with Crippen molar-refractivity contribution in [3.05, 3.63) is 72.9 Å². The Bertz CT molecular complexity index is 568. The van der Waals surface area contributed by atoms with Crippen LogP contribution in [0, 0.1) is 0 Å². The Kier molecular flexibility index (Phi) is 4.57. The molecule has 2 nitrogen and oxygen atoms in total. The van der Waals surface area contributed by atoms with Crippen LogP contribution in [-0.4, -0.2) is 9.55 Å². The van der Waals surface area contributed by atoms with E-state index >= 15 is 0 Å². The van der Waals surface area contributed by atoms with Gasteiger partial charge in [0.05, 0.1) is 24.3 Å². The van der Waals surface area contributed by atoms with Gasteiger partial charge in [-0.2, -0.15) is 0 Å². The minimum Gasteiger partial charge on any atom is -0.325 e. The average molecular weight is 222 g/mol. The van der Waals surface area contributed by atoms with Crippen molar-refractivity contribution in [2.45, 2.75) is 6.54 Å². The first kappa shape index (κ1) is 12.6. The molecule has 17 heavy (non-hydrogen) atoms. The third-order valence-electron chi connectivity index (χ3n) is 2.18. The number of rotatable bonds is 5. The maximum absolute atomic E-state index is 4.24. The number of nitrogens with zero attached hydrogens (tertiary/aromatic N) is 2. The molecule has 0 saturated heterocycles. The second-order valence-corrected chi connectivity index (χ2v) is 3.25. The van der Waals surface area contributed by atoms with Crippen LogP contribution in [0.25, 0.3) is 12.2 Å². The summed E-state index contributed by atoms with van der Waals surface area (Å²) in [4.78, 5) is 4.24. The Balaban J connectivity index is 3.19. The summed E-state index contributed by atoms with van der Waals surface area (Å²) in [5.74, 6) is 0. The molecule has 0 bridgehead atoms. The van der Waals surface area contributed by atoms with Crippen molar-refractivity contribution in [3.63, 3.8) is 0 Å². The molecular formula is C15H14N2. The summed E-state index contributed by atoms with van der Waals surface area (Å²) in [5.41, 5.74) is 10.9. The highest BCUT2D eigenvalue weighted by atomic mass is 15.1. The normalized spacial score (nSPS) is 8.47. The highest BCUT2D eigenvalue weighted by Crippen LogP contribution is 2.13. The molecular weight excluding hydrogens is 208 g/mol. The fourth-order valence-electron chi connectivity index (χ4n) is 1.40. The largest absolute Gasteiger partial charge is 0.325 e. The van der Waals surface area contributed by atoms with Gasteiger partial charge in [0.25, 0.3) is 0 Å². The van der Waals surface area contributed by atoms with Gasteiger partial charge in [-0.05, 0) is 12.2 Å². The van der Waals surface area contributed by atoms with E-state index < -0.39 is 0 Å². The minimum absolute atomic E-state index is 0.598. The zero-order valence-corrected chi connectivity index (χ0v) is 9.74. The van der Waals surface area contributed by atoms with Crippen molar-refractivity contribution >= 4 is 12.2 Å². The monoisotopic (exact) mass is 222 g/mol. The maximum atomic E-state index is 4.24. The summed E-state index contributed by atoms with van der Waals surface area (Å²) in [7, 11) is 0. The summed E-state index contributed by atoms with van der Waals surface area (Å²) >= 11 is 0. The number of imidazole rings is 1. The van der Waals surface area contributed by atoms with E-state index in [0.29, 0.717) is 6.54 Å². The van der Waals surface area contributed by atoms with Gasteiger partial charge >= 0.3 is 0 Å². The first-order valence-electron chi connectivity index (χ1n) is 5.05. The van der Waals surface area contributed by atoms with Gasteiger partial charge in [0.15, 0.2) is 0 Å². The maximum Gasteiger partial charge on any atom is 0.0961 e. The Morgan fingerprint density at radius 1 is 1.35 bits per heavy atom. The Hall–Kier alpha value is -2.49. The second-order valence-electron chi connectivity index (χ2n) is 3.25. The van der Waals surface area contributed by atoms with Gasteiger partial charge in [0, 0.05) is 11.6 Å². The van der Waals surface area contributed by atoms with E-state index in [-0.39, 0.29) is 0 Å². The molecule has 0 saturated carbocycles. The van der Waals surface area contributed by atoms with Gasteiger partial charge in [0.1, 0.15) is 0 Å². The lowest BCUT2D eigenvalue weighted by Gasteiger charge is -2.04. The summed E-state index contributed by atoms with van der Waals surface area (Å²) in [6.07, 6.45) is 6.93. The van der Waals surface area contributed by atoms with E-state index in [2.05, 4.69) is 48.5 Å². The van der Waals surface area contributed by atoms with E-state index in [1.807, 2.05) is 4.57 Å². The van der Waals surface area contributed by atoms with Crippen LogP contribution in [0.4, 0.5) is 0 Å². The molecule has 0 fully saturated rings. The predicted molar refractivity (Wildman–Crippen MR) is 72.3 cm³/mol. The molecule has 0 spiro atoms. The van der Waals surface area contributed by atoms with Gasteiger partial charge < -0.3 is 4.57 Å². The summed E-state index contributed by atoms with van der Waals surface area (Å²) in [6.45, 7) is 15.0. The lowest BCUT2D eigenvalue weighted by atomic mass is 10.2.